The average Bonchev–Trinajstić information content (AvgIpc) is 2.79. The predicted octanol–water partition coefficient (Wildman–Crippen LogP) is 3.15. The lowest BCUT2D eigenvalue weighted by Gasteiger charge is -2.12. The van der Waals surface area contributed by atoms with Crippen molar-refractivity contribution < 1.29 is 38.9 Å². The number of Topliss-reactive ketones (excluding diaryl/α,β-unsaturated/α-hetero) is 2. The number of carbonyl (C=O) groups excluding carboxylic acids is 2. The van der Waals surface area contributed by atoms with Crippen molar-refractivity contribution in [2.45, 2.75) is 12.8 Å². The van der Waals surface area contributed by atoms with Crippen molar-refractivity contribution in [2.75, 3.05) is 19.5 Å². The van der Waals surface area contributed by atoms with Gasteiger partial charge in [-0.1, -0.05) is 24.3 Å². The fraction of sp³-hybridized carbons (Fsp3) is 0.227. The first kappa shape index (κ1) is 24.6. The Morgan fingerprint density at radius 2 is 1.25 bits per heavy atom. The number of carboxylic acid groups (broad SMARTS) is 2. The quantitative estimate of drug-likeness (QED) is 0.247. The Kier molecular flexibility index (Phi) is 8.96. The third kappa shape index (κ3) is 7.24. The molecule has 0 aromatic heterocycles. The molecule has 0 saturated heterocycles. The van der Waals surface area contributed by atoms with Crippen LogP contribution < -0.4 is 9.47 Å². The largest absolute Gasteiger partial charge is 0.479 e. The molecule has 0 saturated carbocycles. The van der Waals surface area contributed by atoms with Gasteiger partial charge in [-0.2, -0.15) is 0 Å². The molecule has 0 amide bonds. The van der Waals surface area contributed by atoms with Gasteiger partial charge in [0.05, 0.1) is 5.04 Å². The number of thioether (sulfide) groups is 1. The van der Waals surface area contributed by atoms with E-state index in [1.807, 2.05) is 0 Å². The zero-order chi connectivity index (χ0) is 23.7. The summed E-state index contributed by atoms with van der Waals surface area (Å²) in [5.41, 5.74) is 1.30. The summed E-state index contributed by atoms with van der Waals surface area (Å²) in [6.45, 7) is -1.37. The molecule has 32 heavy (non-hydrogen) atoms. The van der Waals surface area contributed by atoms with Crippen molar-refractivity contribution in [3.8, 4) is 11.5 Å². The third-order valence-electron chi connectivity index (χ3n) is 4.22. The number of ketones is 2. The summed E-state index contributed by atoms with van der Waals surface area (Å²) in [5.74, 6) is -3.19. The summed E-state index contributed by atoms with van der Waals surface area (Å²) >= 11 is 1.29. The molecular formula is C22H21NO8S. The van der Waals surface area contributed by atoms with E-state index < -0.39 is 25.2 Å². The highest BCUT2D eigenvalue weighted by Gasteiger charge is 2.16. The van der Waals surface area contributed by atoms with Gasteiger partial charge in [-0.15, -0.1) is 11.8 Å². The van der Waals surface area contributed by atoms with Crippen LogP contribution in [0, 0.1) is 5.41 Å². The Labute approximate surface area is 187 Å². The topological polar surface area (TPSA) is 151 Å². The van der Waals surface area contributed by atoms with Crippen molar-refractivity contribution in [2.24, 2.45) is 0 Å². The Bertz CT molecular complexity index is 1030. The van der Waals surface area contributed by atoms with Crippen LogP contribution >= 0.6 is 11.8 Å². The molecule has 0 unspecified atom stereocenters. The zero-order valence-electron chi connectivity index (χ0n) is 17.1. The van der Waals surface area contributed by atoms with Gasteiger partial charge in [-0.3, -0.25) is 15.0 Å². The maximum Gasteiger partial charge on any atom is 0.341 e. The van der Waals surface area contributed by atoms with E-state index in [4.69, 9.17) is 25.1 Å². The molecule has 0 fully saturated rings. The van der Waals surface area contributed by atoms with Crippen LogP contribution in [0.3, 0.4) is 0 Å². The molecule has 9 nitrogen and oxygen atoms in total. The fourth-order valence-corrected chi connectivity index (χ4v) is 3.01. The summed E-state index contributed by atoms with van der Waals surface area (Å²) < 4.78 is 10.2. The SMILES string of the molecule is CSC(=N)c1ccc(C(=O)CCC(=O)c2ccc(OCC(=O)O)c(OCC(=O)O)c2)cc1. The van der Waals surface area contributed by atoms with Crippen LogP contribution in [0.4, 0.5) is 0 Å². The number of nitrogens with one attached hydrogen (secondary N) is 1. The molecule has 0 radical (unpaired) electrons. The number of hydrogen-bond acceptors (Lipinski definition) is 8. The van der Waals surface area contributed by atoms with Gasteiger partial charge >= 0.3 is 11.9 Å². The molecule has 0 heterocycles. The van der Waals surface area contributed by atoms with Gasteiger partial charge < -0.3 is 19.7 Å². The highest BCUT2D eigenvalue weighted by atomic mass is 32.2. The summed E-state index contributed by atoms with van der Waals surface area (Å²) in [5, 5.41) is 25.7. The lowest BCUT2D eigenvalue weighted by molar-refractivity contribution is -0.140. The van der Waals surface area contributed by atoms with Gasteiger partial charge in [0.2, 0.25) is 0 Å². The van der Waals surface area contributed by atoms with Crippen molar-refractivity contribution in [3.63, 3.8) is 0 Å². The lowest BCUT2D eigenvalue weighted by Crippen LogP contribution is -2.13. The minimum absolute atomic E-state index is 0.0165. The Morgan fingerprint density at radius 3 is 1.78 bits per heavy atom. The van der Waals surface area contributed by atoms with Crippen LogP contribution in [0.5, 0.6) is 11.5 Å². The van der Waals surface area contributed by atoms with Crippen LogP contribution in [0.15, 0.2) is 42.5 Å². The van der Waals surface area contributed by atoms with E-state index in [1.54, 1.807) is 30.5 Å². The minimum Gasteiger partial charge on any atom is -0.479 e. The molecule has 2 rings (SSSR count). The first-order valence-corrected chi connectivity index (χ1v) is 10.6. The van der Waals surface area contributed by atoms with Crippen LogP contribution in [-0.4, -0.2) is 58.2 Å². The molecule has 0 bridgehead atoms. The normalized spacial score (nSPS) is 10.3. The summed E-state index contributed by atoms with van der Waals surface area (Å²) in [7, 11) is 0. The van der Waals surface area contributed by atoms with Gasteiger partial charge in [0.25, 0.3) is 0 Å². The molecule has 0 aliphatic heterocycles. The third-order valence-corrected chi connectivity index (χ3v) is 4.86. The monoisotopic (exact) mass is 459 g/mol. The van der Waals surface area contributed by atoms with Crippen molar-refractivity contribution in [1.82, 2.24) is 0 Å². The fourth-order valence-electron chi connectivity index (χ4n) is 2.63. The standard InChI is InChI=1S/C22H21NO8S/c1-32-22(23)14-4-2-13(3-5-14)16(24)7-8-17(25)15-6-9-18(30-11-20(26)27)19(10-15)31-12-21(28)29/h2-6,9-10,23H,7-8,11-12H2,1H3,(H,26,27)(H,28,29). The summed E-state index contributed by atoms with van der Waals surface area (Å²) in [6, 6.07) is 10.5. The van der Waals surface area contributed by atoms with Gasteiger partial charge in [0.15, 0.2) is 36.3 Å². The molecule has 3 N–H and O–H groups in total. The number of rotatable bonds is 12. The second kappa shape index (κ2) is 11.7. The Balaban J connectivity index is 2.06. The smallest absolute Gasteiger partial charge is 0.341 e. The van der Waals surface area contributed by atoms with Crippen molar-refractivity contribution >= 4 is 40.3 Å². The number of benzene rings is 2. The Hall–Kier alpha value is -3.66. The molecule has 168 valence electrons. The number of hydrogen-bond donors (Lipinski definition) is 3. The zero-order valence-corrected chi connectivity index (χ0v) is 17.9. The van der Waals surface area contributed by atoms with Crippen LogP contribution in [0.2, 0.25) is 0 Å². The molecule has 2 aromatic carbocycles. The van der Waals surface area contributed by atoms with Gasteiger partial charge in [-0.25, -0.2) is 9.59 Å². The van der Waals surface area contributed by atoms with Gasteiger partial charge in [-0.05, 0) is 24.5 Å². The van der Waals surface area contributed by atoms with Gasteiger partial charge in [0.1, 0.15) is 0 Å². The molecule has 0 aliphatic rings. The minimum atomic E-state index is -1.25. The number of aliphatic carboxylic acids is 2. The van der Waals surface area contributed by atoms with Crippen molar-refractivity contribution in [3.05, 3.63) is 59.2 Å². The first-order valence-electron chi connectivity index (χ1n) is 9.34. The Morgan fingerprint density at radius 1 is 0.781 bits per heavy atom. The highest BCUT2D eigenvalue weighted by Crippen LogP contribution is 2.29. The van der Waals surface area contributed by atoms with E-state index in [2.05, 4.69) is 0 Å². The van der Waals surface area contributed by atoms with Crippen LogP contribution in [0.25, 0.3) is 0 Å². The van der Waals surface area contributed by atoms with Crippen molar-refractivity contribution in [1.29, 1.82) is 5.41 Å². The first-order chi connectivity index (χ1) is 15.2. The highest BCUT2D eigenvalue weighted by molar-refractivity contribution is 8.13. The van der Waals surface area contributed by atoms with E-state index in [-0.39, 0.29) is 41.5 Å². The molecule has 0 spiro atoms. The molecule has 0 aliphatic carbocycles. The van der Waals surface area contributed by atoms with E-state index >= 15 is 0 Å². The molecular weight excluding hydrogens is 438 g/mol. The summed E-state index contributed by atoms with van der Waals surface area (Å²) in [6.07, 6.45) is 1.66. The maximum atomic E-state index is 12.5. The predicted molar refractivity (Wildman–Crippen MR) is 117 cm³/mol. The molecule has 10 heteroatoms. The number of ether oxygens (including phenoxy) is 2. The lowest BCUT2D eigenvalue weighted by atomic mass is 10.0. The van der Waals surface area contributed by atoms with Gasteiger partial charge in [0, 0.05) is 29.5 Å². The van der Waals surface area contributed by atoms with Crippen LogP contribution in [-0.2, 0) is 9.59 Å². The van der Waals surface area contributed by atoms with E-state index in [1.165, 1.54) is 30.0 Å². The second-order valence-electron chi connectivity index (χ2n) is 6.48. The van der Waals surface area contributed by atoms with E-state index in [0.717, 1.165) is 0 Å². The maximum absolute atomic E-state index is 12.5. The van der Waals surface area contributed by atoms with E-state index in [0.29, 0.717) is 16.2 Å². The van der Waals surface area contributed by atoms with E-state index in [9.17, 15) is 19.2 Å². The molecule has 0 atom stereocenters. The summed E-state index contributed by atoms with van der Waals surface area (Å²) in [4.78, 5) is 46.4. The molecule has 2 aromatic rings. The average molecular weight is 459 g/mol. The number of carbonyl (C=O) groups is 4. The van der Waals surface area contributed by atoms with Crippen LogP contribution in [0.1, 0.15) is 39.1 Å². The second-order valence-corrected chi connectivity index (χ2v) is 7.30. The number of carboxylic acids is 2.